The number of thiazole rings is 1. The number of hydrogen-bond acceptors (Lipinski definition) is 5. The maximum Gasteiger partial charge on any atom is 0.135 e. The van der Waals surface area contributed by atoms with E-state index in [4.69, 9.17) is 14.8 Å². The number of nitrogens with zero attached hydrogens (tertiary/aromatic N) is 4. The number of aromatic nitrogens is 3. The third kappa shape index (κ3) is 4.96. The number of rotatable bonds is 7. The predicted octanol–water partition coefficient (Wildman–Crippen LogP) is 7.79. The van der Waals surface area contributed by atoms with Crippen LogP contribution < -0.4 is 4.74 Å². The number of allylic oxidation sites excluding steroid dienone is 1. The van der Waals surface area contributed by atoms with E-state index in [9.17, 15) is 5.26 Å². The highest BCUT2D eigenvalue weighted by molar-refractivity contribution is 7.19. The van der Waals surface area contributed by atoms with Gasteiger partial charge in [-0.25, -0.2) is 9.67 Å². The number of para-hydroxylation sites is 2. The van der Waals surface area contributed by atoms with Gasteiger partial charge in [0.15, 0.2) is 0 Å². The molecule has 0 unspecified atom stereocenters. The fraction of sp³-hybridized carbons (Fsp3) is 0.0312. The Kier molecular flexibility index (Phi) is 6.50. The van der Waals surface area contributed by atoms with E-state index in [1.54, 1.807) is 0 Å². The molecule has 38 heavy (non-hydrogen) atoms. The Labute approximate surface area is 224 Å². The van der Waals surface area contributed by atoms with Crippen LogP contribution in [0.4, 0.5) is 0 Å². The molecule has 4 aromatic carbocycles. The molecule has 0 N–H and O–H groups in total. The van der Waals surface area contributed by atoms with Crippen molar-refractivity contribution in [2.75, 3.05) is 0 Å². The molecule has 0 aliphatic rings. The third-order valence-corrected chi connectivity index (χ3v) is 7.13. The van der Waals surface area contributed by atoms with Gasteiger partial charge in [0.25, 0.3) is 0 Å². The van der Waals surface area contributed by atoms with E-state index >= 15 is 0 Å². The van der Waals surface area contributed by atoms with Gasteiger partial charge < -0.3 is 4.74 Å². The zero-order valence-corrected chi connectivity index (χ0v) is 21.2. The number of hydrogen-bond donors (Lipinski definition) is 0. The van der Waals surface area contributed by atoms with E-state index in [1.807, 2.05) is 126 Å². The topological polar surface area (TPSA) is 63.7 Å². The number of nitriles is 1. The second-order valence-electron chi connectivity index (χ2n) is 8.67. The van der Waals surface area contributed by atoms with Gasteiger partial charge in [-0.3, -0.25) is 0 Å². The van der Waals surface area contributed by atoms with Crippen LogP contribution in [0.1, 0.15) is 16.1 Å². The molecule has 0 radical (unpaired) electrons. The van der Waals surface area contributed by atoms with Crippen molar-refractivity contribution < 1.29 is 4.74 Å². The van der Waals surface area contributed by atoms with Crippen LogP contribution in [-0.2, 0) is 6.61 Å². The molecule has 6 rings (SSSR count). The van der Waals surface area contributed by atoms with Crippen molar-refractivity contribution >= 4 is 33.2 Å². The van der Waals surface area contributed by atoms with Gasteiger partial charge in [-0.1, -0.05) is 72.8 Å². The Morgan fingerprint density at radius 1 is 0.895 bits per heavy atom. The minimum atomic E-state index is 0.478. The van der Waals surface area contributed by atoms with Crippen LogP contribution >= 0.6 is 11.3 Å². The minimum Gasteiger partial charge on any atom is -0.489 e. The first-order valence-electron chi connectivity index (χ1n) is 12.2. The van der Waals surface area contributed by atoms with Crippen molar-refractivity contribution in [3.63, 3.8) is 0 Å². The second kappa shape index (κ2) is 10.6. The Hall–Kier alpha value is -4.99. The Morgan fingerprint density at radius 2 is 1.66 bits per heavy atom. The molecule has 0 atom stereocenters. The standard InChI is InChI=1S/C32H22N4OS/c33-20-25(32-34-29-16-7-8-17-30(29)38-32)18-26-21-36(27-13-5-2-6-14-27)35-31(26)24-12-9-15-28(19-24)37-22-23-10-3-1-4-11-23/h1-19,21H,22H2. The normalized spacial score (nSPS) is 11.4. The average Bonchev–Trinajstić information content (AvgIpc) is 3.60. The van der Waals surface area contributed by atoms with Gasteiger partial charge >= 0.3 is 0 Å². The summed E-state index contributed by atoms with van der Waals surface area (Å²) in [5, 5.41) is 15.7. The Balaban J connectivity index is 1.41. The minimum absolute atomic E-state index is 0.478. The third-order valence-electron chi connectivity index (χ3n) is 6.06. The molecule has 6 aromatic rings. The summed E-state index contributed by atoms with van der Waals surface area (Å²) in [7, 11) is 0. The molecule has 5 nitrogen and oxygen atoms in total. The number of ether oxygens (including phenoxy) is 1. The van der Waals surface area contributed by atoms with Gasteiger partial charge in [0.2, 0.25) is 0 Å². The SMILES string of the molecule is N#CC(=Cc1cn(-c2ccccc2)nc1-c1cccc(OCc2ccccc2)c1)c1nc2ccccc2s1. The molecule has 0 saturated heterocycles. The summed E-state index contributed by atoms with van der Waals surface area (Å²) < 4.78 is 8.97. The summed E-state index contributed by atoms with van der Waals surface area (Å²) in [5.74, 6) is 0.752. The van der Waals surface area contributed by atoms with E-state index in [1.165, 1.54) is 11.3 Å². The van der Waals surface area contributed by atoms with Gasteiger partial charge in [-0.2, -0.15) is 10.4 Å². The van der Waals surface area contributed by atoms with E-state index < -0.39 is 0 Å². The summed E-state index contributed by atoms with van der Waals surface area (Å²) >= 11 is 1.51. The van der Waals surface area contributed by atoms with Gasteiger partial charge in [0, 0.05) is 17.3 Å². The summed E-state index contributed by atoms with van der Waals surface area (Å²) in [4.78, 5) is 4.70. The van der Waals surface area contributed by atoms with Crippen molar-refractivity contribution in [1.29, 1.82) is 5.26 Å². The van der Waals surface area contributed by atoms with Crippen molar-refractivity contribution in [2.45, 2.75) is 6.61 Å². The highest BCUT2D eigenvalue weighted by Gasteiger charge is 2.15. The van der Waals surface area contributed by atoms with Crippen LogP contribution in [-0.4, -0.2) is 14.8 Å². The second-order valence-corrected chi connectivity index (χ2v) is 9.70. The molecule has 0 aliphatic heterocycles. The smallest absolute Gasteiger partial charge is 0.135 e. The molecule has 0 spiro atoms. The molecule has 0 amide bonds. The molecular formula is C32H22N4OS. The van der Waals surface area contributed by atoms with Crippen molar-refractivity contribution in [3.8, 4) is 28.8 Å². The lowest BCUT2D eigenvalue weighted by atomic mass is 10.1. The molecule has 2 heterocycles. The van der Waals surface area contributed by atoms with Gasteiger partial charge in [0.05, 0.1) is 21.5 Å². The molecule has 6 heteroatoms. The van der Waals surface area contributed by atoms with Crippen molar-refractivity contribution in [3.05, 3.63) is 132 Å². The first kappa shape index (κ1) is 23.4. The highest BCUT2D eigenvalue weighted by Crippen LogP contribution is 2.32. The van der Waals surface area contributed by atoms with E-state index in [-0.39, 0.29) is 0 Å². The molecule has 2 aromatic heterocycles. The van der Waals surface area contributed by atoms with Crippen LogP contribution in [0.3, 0.4) is 0 Å². The van der Waals surface area contributed by atoms with E-state index in [0.29, 0.717) is 17.2 Å². The largest absolute Gasteiger partial charge is 0.489 e. The summed E-state index contributed by atoms with van der Waals surface area (Å²) in [5.41, 5.74) is 5.90. The highest BCUT2D eigenvalue weighted by atomic mass is 32.1. The van der Waals surface area contributed by atoms with Crippen LogP contribution in [0.2, 0.25) is 0 Å². The van der Waals surface area contributed by atoms with E-state index in [0.717, 1.165) is 44.0 Å². The maximum atomic E-state index is 10.1. The van der Waals surface area contributed by atoms with Crippen LogP contribution in [0.15, 0.2) is 115 Å². The van der Waals surface area contributed by atoms with Crippen molar-refractivity contribution in [1.82, 2.24) is 14.8 Å². The molecule has 0 aliphatic carbocycles. The molecular weight excluding hydrogens is 488 g/mol. The molecule has 0 saturated carbocycles. The average molecular weight is 511 g/mol. The van der Waals surface area contributed by atoms with Crippen LogP contribution in [0, 0.1) is 11.3 Å². The first-order valence-corrected chi connectivity index (χ1v) is 13.0. The molecule has 0 fully saturated rings. The Morgan fingerprint density at radius 3 is 2.45 bits per heavy atom. The lowest BCUT2D eigenvalue weighted by Crippen LogP contribution is -1.96. The summed E-state index contributed by atoms with van der Waals surface area (Å²) in [6.45, 7) is 0.478. The summed E-state index contributed by atoms with van der Waals surface area (Å²) in [6.07, 6.45) is 3.82. The van der Waals surface area contributed by atoms with Gasteiger partial charge in [-0.15, -0.1) is 11.3 Å². The van der Waals surface area contributed by atoms with Crippen LogP contribution in [0.5, 0.6) is 5.75 Å². The van der Waals surface area contributed by atoms with Crippen molar-refractivity contribution in [2.24, 2.45) is 0 Å². The lowest BCUT2D eigenvalue weighted by molar-refractivity contribution is 0.306. The van der Waals surface area contributed by atoms with Gasteiger partial charge in [0.1, 0.15) is 29.1 Å². The fourth-order valence-corrected chi connectivity index (χ4v) is 5.12. The monoisotopic (exact) mass is 510 g/mol. The zero-order chi connectivity index (χ0) is 25.7. The Bertz CT molecular complexity index is 1750. The first-order chi connectivity index (χ1) is 18.8. The quantitative estimate of drug-likeness (QED) is 0.206. The zero-order valence-electron chi connectivity index (χ0n) is 20.4. The number of benzene rings is 4. The van der Waals surface area contributed by atoms with Crippen LogP contribution in [0.25, 0.3) is 38.8 Å². The molecule has 182 valence electrons. The number of fused-ring (bicyclic) bond motifs is 1. The predicted molar refractivity (Wildman–Crippen MR) is 153 cm³/mol. The summed E-state index contributed by atoms with van der Waals surface area (Å²) in [6, 6.07) is 38.2. The lowest BCUT2D eigenvalue weighted by Gasteiger charge is -2.08. The fourth-order valence-electron chi connectivity index (χ4n) is 4.19. The van der Waals surface area contributed by atoms with Gasteiger partial charge in [-0.05, 0) is 48.0 Å². The molecule has 0 bridgehead atoms. The maximum absolute atomic E-state index is 10.1. The van der Waals surface area contributed by atoms with E-state index in [2.05, 4.69) is 6.07 Å².